The number of nitrogens with zero attached hydrogens (tertiary/aromatic N) is 2. The van der Waals surface area contributed by atoms with Gasteiger partial charge in [-0.3, -0.25) is 0 Å². The van der Waals surface area contributed by atoms with E-state index in [1.54, 1.807) is 6.20 Å². The van der Waals surface area contributed by atoms with Crippen LogP contribution < -0.4 is 5.73 Å². The van der Waals surface area contributed by atoms with Crippen LogP contribution in [0.3, 0.4) is 0 Å². The number of carbonyl (C=O) groups excluding carboxylic acids is 1. The first-order valence-electron chi connectivity index (χ1n) is 3.86. The van der Waals surface area contributed by atoms with Crippen LogP contribution in [0.25, 0.3) is 0 Å². The smallest absolute Gasteiger partial charge is 0.224 e. The standard InChI is InChI=1S/C8H10ClN3O/c1-5(13)2-3-6-4-11-8(9)12-7(6)10/h4H,2-3H2,1H3,(H2,10,11,12). The van der Waals surface area contributed by atoms with E-state index >= 15 is 0 Å². The highest BCUT2D eigenvalue weighted by atomic mass is 35.5. The summed E-state index contributed by atoms with van der Waals surface area (Å²) in [6, 6.07) is 0. The molecule has 0 aliphatic rings. The zero-order chi connectivity index (χ0) is 9.84. The predicted octanol–water partition coefficient (Wildman–Crippen LogP) is 1.23. The highest BCUT2D eigenvalue weighted by Gasteiger charge is 2.03. The van der Waals surface area contributed by atoms with Gasteiger partial charge in [0.1, 0.15) is 11.6 Å². The number of aryl methyl sites for hydroxylation is 1. The fourth-order valence-electron chi connectivity index (χ4n) is 0.901. The SMILES string of the molecule is CC(=O)CCc1cnc(Cl)nc1N. The molecule has 0 saturated carbocycles. The normalized spacial score (nSPS) is 10.0. The molecule has 1 rings (SSSR count). The van der Waals surface area contributed by atoms with Gasteiger partial charge in [0.15, 0.2) is 0 Å². The van der Waals surface area contributed by atoms with E-state index in [9.17, 15) is 4.79 Å². The number of nitrogen functional groups attached to an aromatic ring is 1. The molecule has 0 unspecified atom stereocenters. The van der Waals surface area contributed by atoms with Crippen molar-refractivity contribution in [3.63, 3.8) is 0 Å². The summed E-state index contributed by atoms with van der Waals surface area (Å²) in [5.41, 5.74) is 6.32. The third-order valence-corrected chi connectivity index (χ3v) is 1.80. The van der Waals surface area contributed by atoms with Crippen molar-refractivity contribution in [3.05, 3.63) is 17.0 Å². The first kappa shape index (κ1) is 9.92. The Bertz CT molecular complexity index is 327. The molecule has 0 radical (unpaired) electrons. The van der Waals surface area contributed by atoms with Crippen molar-refractivity contribution in [3.8, 4) is 0 Å². The minimum absolute atomic E-state index is 0.120. The van der Waals surface area contributed by atoms with Crippen molar-refractivity contribution >= 4 is 23.2 Å². The lowest BCUT2D eigenvalue weighted by Gasteiger charge is -2.01. The number of carbonyl (C=O) groups is 1. The maximum Gasteiger partial charge on any atom is 0.224 e. The van der Waals surface area contributed by atoms with Crippen LogP contribution in [0.4, 0.5) is 5.82 Å². The first-order valence-corrected chi connectivity index (χ1v) is 4.23. The number of hydrogen-bond acceptors (Lipinski definition) is 4. The van der Waals surface area contributed by atoms with Crippen LogP contribution in [0.2, 0.25) is 5.28 Å². The summed E-state index contributed by atoms with van der Waals surface area (Å²) in [4.78, 5) is 18.2. The highest BCUT2D eigenvalue weighted by Crippen LogP contribution is 2.12. The second-order valence-electron chi connectivity index (χ2n) is 2.75. The molecule has 2 N–H and O–H groups in total. The lowest BCUT2D eigenvalue weighted by Crippen LogP contribution is -2.02. The van der Waals surface area contributed by atoms with Crippen LogP contribution in [-0.2, 0) is 11.2 Å². The average Bonchev–Trinajstić information content (AvgIpc) is 2.02. The Labute approximate surface area is 81.1 Å². The topological polar surface area (TPSA) is 68.9 Å². The van der Waals surface area contributed by atoms with Gasteiger partial charge in [0, 0.05) is 18.2 Å². The van der Waals surface area contributed by atoms with Crippen molar-refractivity contribution in [1.29, 1.82) is 0 Å². The fraction of sp³-hybridized carbons (Fsp3) is 0.375. The Balaban J connectivity index is 2.72. The molecular weight excluding hydrogens is 190 g/mol. The highest BCUT2D eigenvalue weighted by molar-refractivity contribution is 6.28. The number of ketones is 1. The second-order valence-corrected chi connectivity index (χ2v) is 3.09. The quantitative estimate of drug-likeness (QED) is 0.744. The van der Waals surface area contributed by atoms with Gasteiger partial charge in [-0.2, -0.15) is 0 Å². The molecule has 0 bridgehead atoms. The molecule has 1 heterocycles. The van der Waals surface area contributed by atoms with E-state index in [0.717, 1.165) is 5.56 Å². The Kier molecular flexibility index (Phi) is 3.19. The first-order chi connectivity index (χ1) is 6.09. The van der Waals surface area contributed by atoms with E-state index in [-0.39, 0.29) is 11.1 Å². The largest absolute Gasteiger partial charge is 0.383 e. The van der Waals surface area contributed by atoms with Crippen LogP contribution in [0.15, 0.2) is 6.20 Å². The molecule has 0 aliphatic carbocycles. The molecule has 0 aliphatic heterocycles. The zero-order valence-corrected chi connectivity index (χ0v) is 8.01. The van der Waals surface area contributed by atoms with E-state index in [1.807, 2.05) is 0 Å². The fourth-order valence-corrected chi connectivity index (χ4v) is 1.04. The number of rotatable bonds is 3. The van der Waals surface area contributed by atoms with Crippen LogP contribution >= 0.6 is 11.6 Å². The van der Waals surface area contributed by atoms with Crippen molar-refractivity contribution in [2.75, 3.05) is 5.73 Å². The molecular formula is C8H10ClN3O. The van der Waals surface area contributed by atoms with E-state index in [0.29, 0.717) is 18.7 Å². The van der Waals surface area contributed by atoms with Gasteiger partial charge >= 0.3 is 0 Å². The summed E-state index contributed by atoms with van der Waals surface area (Å²) < 4.78 is 0. The Morgan fingerprint density at radius 3 is 2.92 bits per heavy atom. The molecule has 1 aromatic rings. The minimum atomic E-state index is 0.120. The third kappa shape index (κ3) is 2.99. The van der Waals surface area contributed by atoms with Gasteiger partial charge in [0.25, 0.3) is 0 Å². The average molecular weight is 200 g/mol. The Morgan fingerprint density at radius 2 is 2.38 bits per heavy atom. The van der Waals surface area contributed by atoms with Gasteiger partial charge in [-0.25, -0.2) is 9.97 Å². The lowest BCUT2D eigenvalue weighted by atomic mass is 10.1. The van der Waals surface area contributed by atoms with E-state index in [4.69, 9.17) is 17.3 Å². The van der Waals surface area contributed by atoms with Crippen molar-refractivity contribution in [2.45, 2.75) is 19.8 Å². The van der Waals surface area contributed by atoms with Gasteiger partial charge in [0.2, 0.25) is 5.28 Å². The second kappa shape index (κ2) is 4.18. The Hall–Kier alpha value is -1.16. The van der Waals surface area contributed by atoms with E-state index in [1.165, 1.54) is 6.92 Å². The summed E-state index contributed by atoms with van der Waals surface area (Å²) >= 11 is 5.51. The van der Waals surface area contributed by atoms with E-state index in [2.05, 4.69) is 9.97 Å². The van der Waals surface area contributed by atoms with Crippen molar-refractivity contribution in [2.24, 2.45) is 0 Å². The monoisotopic (exact) mass is 199 g/mol. The van der Waals surface area contributed by atoms with E-state index < -0.39 is 0 Å². The lowest BCUT2D eigenvalue weighted by molar-refractivity contribution is -0.116. The predicted molar refractivity (Wildman–Crippen MR) is 50.5 cm³/mol. The molecule has 0 fully saturated rings. The molecule has 0 saturated heterocycles. The number of nitrogens with two attached hydrogens (primary N) is 1. The van der Waals surface area contributed by atoms with Crippen LogP contribution in [0.1, 0.15) is 18.9 Å². The van der Waals surface area contributed by atoms with Crippen LogP contribution in [0.5, 0.6) is 0 Å². The maximum atomic E-state index is 10.7. The molecule has 13 heavy (non-hydrogen) atoms. The summed E-state index contributed by atoms with van der Waals surface area (Å²) in [5, 5.41) is 0.129. The number of anilines is 1. The van der Waals surface area contributed by atoms with Crippen molar-refractivity contribution in [1.82, 2.24) is 9.97 Å². The summed E-state index contributed by atoms with van der Waals surface area (Å²) in [6.07, 6.45) is 2.57. The van der Waals surface area contributed by atoms with Crippen LogP contribution in [-0.4, -0.2) is 15.8 Å². The van der Waals surface area contributed by atoms with Gasteiger partial charge in [-0.1, -0.05) is 0 Å². The molecule has 0 spiro atoms. The Morgan fingerprint density at radius 1 is 1.69 bits per heavy atom. The molecule has 1 aromatic heterocycles. The molecule has 0 aromatic carbocycles. The number of hydrogen-bond donors (Lipinski definition) is 1. The zero-order valence-electron chi connectivity index (χ0n) is 7.25. The third-order valence-electron chi connectivity index (χ3n) is 1.62. The summed E-state index contributed by atoms with van der Waals surface area (Å²) in [6.45, 7) is 1.53. The molecule has 4 nitrogen and oxygen atoms in total. The molecule has 0 amide bonds. The number of Topliss-reactive ketones (excluding diaryl/α,β-unsaturated/α-hetero) is 1. The summed E-state index contributed by atoms with van der Waals surface area (Å²) in [5.74, 6) is 0.468. The molecule has 0 atom stereocenters. The summed E-state index contributed by atoms with van der Waals surface area (Å²) in [7, 11) is 0. The number of halogens is 1. The van der Waals surface area contributed by atoms with Gasteiger partial charge < -0.3 is 10.5 Å². The van der Waals surface area contributed by atoms with Gasteiger partial charge in [-0.15, -0.1) is 0 Å². The maximum absolute atomic E-state index is 10.7. The van der Waals surface area contributed by atoms with Crippen LogP contribution in [0, 0.1) is 0 Å². The molecule has 5 heteroatoms. The minimum Gasteiger partial charge on any atom is -0.383 e. The van der Waals surface area contributed by atoms with Crippen molar-refractivity contribution < 1.29 is 4.79 Å². The van der Waals surface area contributed by atoms with Gasteiger partial charge in [0.05, 0.1) is 0 Å². The number of aromatic nitrogens is 2. The van der Waals surface area contributed by atoms with Gasteiger partial charge in [-0.05, 0) is 24.9 Å². The molecule has 70 valence electrons.